The van der Waals surface area contributed by atoms with E-state index in [1.165, 1.54) is 0 Å². The molecule has 0 bridgehead atoms. The van der Waals surface area contributed by atoms with Crippen molar-refractivity contribution >= 4 is 16.6 Å². The molecule has 0 fully saturated rings. The van der Waals surface area contributed by atoms with Crippen molar-refractivity contribution in [3.8, 4) is 22.6 Å². The van der Waals surface area contributed by atoms with Crippen LogP contribution in [0.3, 0.4) is 0 Å². The number of fused-ring (bicyclic) bond motifs is 3. The zero-order chi connectivity index (χ0) is 20.7. The van der Waals surface area contributed by atoms with Crippen LogP contribution in [0.15, 0.2) is 77.9 Å². The second kappa shape index (κ2) is 7.15. The van der Waals surface area contributed by atoms with Crippen molar-refractivity contribution in [2.75, 3.05) is 7.11 Å². The second-order valence-corrected chi connectivity index (χ2v) is 7.02. The highest BCUT2D eigenvalue weighted by Crippen LogP contribution is 2.29. The SMILES string of the molecule is CCc1nn2c(ncc3c(=O)n(-c4ccc(OC)cc4)ccc32)c1-c1ccccc1. The first-order valence-corrected chi connectivity index (χ1v) is 9.83. The van der Waals surface area contributed by atoms with E-state index in [4.69, 9.17) is 9.84 Å². The molecular formula is C24H20N4O2. The lowest BCUT2D eigenvalue weighted by Gasteiger charge is -2.09. The molecule has 0 aliphatic rings. The van der Waals surface area contributed by atoms with Crippen molar-refractivity contribution in [2.45, 2.75) is 13.3 Å². The smallest absolute Gasteiger partial charge is 0.266 e. The van der Waals surface area contributed by atoms with E-state index in [1.807, 2.05) is 48.5 Å². The fraction of sp³-hybridized carbons (Fsp3) is 0.125. The Balaban J connectivity index is 1.74. The fourth-order valence-corrected chi connectivity index (χ4v) is 3.81. The first-order valence-electron chi connectivity index (χ1n) is 9.83. The van der Waals surface area contributed by atoms with Gasteiger partial charge < -0.3 is 4.74 Å². The summed E-state index contributed by atoms with van der Waals surface area (Å²) in [6, 6.07) is 19.4. The lowest BCUT2D eigenvalue weighted by atomic mass is 10.0. The predicted octanol–water partition coefficient (Wildman–Crippen LogP) is 4.27. The molecule has 0 aliphatic heterocycles. The summed E-state index contributed by atoms with van der Waals surface area (Å²) in [7, 11) is 1.62. The molecule has 2 aromatic carbocycles. The van der Waals surface area contributed by atoms with Crippen LogP contribution in [-0.2, 0) is 6.42 Å². The predicted molar refractivity (Wildman–Crippen MR) is 117 cm³/mol. The molecule has 0 radical (unpaired) electrons. The van der Waals surface area contributed by atoms with Gasteiger partial charge >= 0.3 is 0 Å². The summed E-state index contributed by atoms with van der Waals surface area (Å²) in [6.07, 6.45) is 4.21. The van der Waals surface area contributed by atoms with E-state index < -0.39 is 0 Å². The Morgan fingerprint density at radius 3 is 2.47 bits per heavy atom. The van der Waals surface area contributed by atoms with E-state index in [0.29, 0.717) is 5.39 Å². The van der Waals surface area contributed by atoms with E-state index >= 15 is 0 Å². The summed E-state index contributed by atoms with van der Waals surface area (Å²) in [4.78, 5) is 17.9. The number of pyridine rings is 1. The number of ether oxygens (including phenoxy) is 1. The van der Waals surface area contributed by atoms with Gasteiger partial charge in [-0.15, -0.1) is 0 Å². The maximum absolute atomic E-state index is 13.2. The third kappa shape index (κ3) is 2.76. The molecular weight excluding hydrogens is 376 g/mol. The lowest BCUT2D eigenvalue weighted by molar-refractivity contribution is 0.414. The molecule has 0 saturated carbocycles. The minimum absolute atomic E-state index is 0.137. The van der Waals surface area contributed by atoms with E-state index in [-0.39, 0.29) is 5.56 Å². The summed E-state index contributed by atoms with van der Waals surface area (Å²) < 4.78 is 8.60. The minimum atomic E-state index is -0.137. The highest BCUT2D eigenvalue weighted by atomic mass is 16.5. The quantitative estimate of drug-likeness (QED) is 0.455. The zero-order valence-corrected chi connectivity index (χ0v) is 16.7. The number of methoxy groups -OCH3 is 1. The first-order chi connectivity index (χ1) is 14.7. The standard InChI is InChI=1S/C24H20N4O2/c1-3-20-22(16-7-5-4-6-8-16)23-25-15-19-21(28(23)26-20)13-14-27(24(19)29)17-9-11-18(30-2)12-10-17/h4-15H,3H2,1-2H3. The van der Waals surface area contributed by atoms with Gasteiger partial charge in [0.2, 0.25) is 0 Å². The van der Waals surface area contributed by atoms with Crippen LogP contribution in [0.1, 0.15) is 12.6 Å². The summed E-state index contributed by atoms with van der Waals surface area (Å²) in [6.45, 7) is 2.08. The van der Waals surface area contributed by atoms with Gasteiger partial charge in [0.05, 0.1) is 23.7 Å². The van der Waals surface area contributed by atoms with E-state index in [1.54, 1.807) is 28.6 Å². The average Bonchev–Trinajstić information content (AvgIpc) is 3.19. The normalized spacial score (nSPS) is 11.3. The summed E-state index contributed by atoms with van der Waals surface area (Å²) in [5, 5.41) is 5.31. The van der Waals surface area contributed by atoms with Gasteiger partial charge in [-0.1, -0.05) is 37.3 Å². The van der Waals surface area contributed by atoms with Gasteiger partial charge in [-0.25, -0.2) is 9.50 Å². The van der Waals surface area contributed by atoms with Gasteiger partial charge in [0, 0.05) is 23.6 Å². The topological polar surface area (TPSA) is 61.4 Å². The number of rotatable bonds is 4. The Hall–Kier alpha value is -3.93. The summed E-state index contributed by atoms with van der Waals surface area (Å²) in [5.41, 5.74) is 5.17. The molecule has 0 spiro atoms. The van der Waals surface area contributed by atoms with Gasteiger partial charge in [-0.3, -0.25) is 9.36 Å². The van der Waals surface area contributed by atoms with Gasteiger partial charge in [0.1, 0.15) is 5.75 Å². The monoisotopic (exact) mass is 396 g/mol. The average molecular weight is 396 g/mol. The van der Waals surface area contributed by atoms with Gasteiger partial charge in [0.25, 0.3) is 5.56 Å². The van der Waals surface area contributed by atoms with Crippen LogP contribution in [0.5, 0.6) is 5.75 Å². The van der Waals surface area contributed by atoms with Crippen LogP contribution in [0.25, 0.3) is 33.4 Å². The molecule has 30 heavy (non-hydrogen) atoms. The maximum Gasteiger partial charge on any atom is 0.266 e. The van der Waals surface area contributed by atoms with Crippen molar-refractivity contribution < 1.29 is 4.74 Å². The molecule has 0 saturated heterocycles. The number of nitrogens with zero attached hydrogens (tertiary/aromatic N) is 4. The second-order valence-electron chi connectivity index (χ2n) is 7.02. The molecule has 6 heteroatoms. The molecule has 0 unspecified atom stereocenters. The van der Waals surface area contributed by atoms with E-state index in [0.717, 1.165) is 45.8 Å². The summed E-state index contributed by atoms with van der Waals surface area (Å²) in [5.74, 6) is 0.744. The molecule has 0 aliphatic carbocycles. The molecule has 5 aromatic rings. The van der Waals surface area contributed by atoms with Crippen LogP contribution in [0.2, 0.25) is 0 Å². The largest absolute Gasteiger partial charge is 0.497 e. The fourth-order valence-electron chi connectivity index (χ4n) is 3.81. The number of aromatic nitrogens is 4. The van der Waals surface area contributed by atoms with Crippen LogP contribution < -0.4 is 10.3 Å². The molecule has 0 N–H and O–H groups in total. The highest BCUT2D eigenvalue weighted by Gasteiger charge is 2.17. The first kappa shape index (κ1) is 18.1. The van der Waals surface area contributed by atoms with Crippen LogP contribution in [0.4, 0.5) is 0 Å². The third-order valence-corrected chi connectivity index (χ3v) is 5.33. The molecule has 5 rings (SSSR count). The number of aryl methyl sites for hydroxylation is 1. The Morgan fingerprint density at radius 2 is 1.77 bits per heavy atom. The number of hydrogen-bond donors (Lipinski definition) is 0. The minimum Gasteiger partial charge on any atom is -0.497 e. The van der Waals surface area contributed by atoms with Crippen LogP contribution in [-0.4, -0.2) is 26.3 Å². The van der Waals surface area contributed by atoms with Crippen LogP contribution >= 0.6 is 0 Å². The third-order valence-electron chi connectivity index (χ3n) is 5.33. The van der Waals surface area contributed by atoms with Gasteiger partial charge in [-0.2, -0.15) is 5.10 Å². The van der Waals surface area contributed by atoms with E-state index in [2.05, 4.69) is 24.0 Å². The molecule has 3 heterocycles. The molecule has 0 atom stereocenters. The Morgan fingerprint density at radius 1 is 1.00 bits per heavy atom. The van der Waals surface area contributed by atoms with Crippen molar-refractivity contribution in [2.24, 2.45) is 0 Å². The maximum atomic E-state index is 13.2. The van der Waals surface area contributed by atoms with Crippen molar-refractivity contribution in [1.82, 2.24) is 19.2 Å². The lowest BCUT2D eigenvalue weighted by Crippen LogP contribution is -2.18. The number of benzene rings is 2. The summed E-state index contributed by atoms with van der Waals surface area (Å²) >= 11 is 0. The van der Waals surface area contributed by atoms with Crippen molar-refractivity contribution in [3.63, 3.8) is 0 Å². The van der Waals surface area contributed by atoms with Crippen molar-refractivity contribution in [1.29, 1.82) is 0 Å². The Kier molecular flexibility index (Phi) is 4.32. The molecule has 6 nitrogen and oxygen atoms in total. The van der Waals surface area contributed by atoms with Gasteiger partial charge in [0.15, 0.2) is 5.65 Å². The Labute approximate surface area is 173 Å². The Bertz CT molecular complexity index is 1420. The molecule has 3 aromatic heterocycles. The van der Waals surface area contributed by atoms with Gasteiger partial charge in [-0.05, 0) is 42.3 Å². The van der Waals surface area contributed by atoms with E-state index in [9.17, 15) is 4.79 Å². The van der Waals surface area contributed by atoms with Crippen LogP contribution in [0, 0.1) is 0 Å². The highest BCUT2D eigenvalue weighted by molar-refractivity contribution is 5.86. The molecule has 148 valence electrons. The molecule has 0 amide bonds. The van der Waals surface area contributed by atoms with Crippen molar-refractivity contribution in [3.05, 3.63) is 89.1 Å². The zero-order valence-electron chi connectivity index (χ0n) is 16.7. The number of hydrogen-bond acceptors (Lipinski definition) is 4.